The average molecular weight is 416 g/mol. The fourth-order valence-electron chi connectivity index (χ4n) is 3.20. The Morgan fingerprint density at radius 3 is 2.41 bits per heavy atom. The minimum absolute atomic E-state index is 0.0887. The summed E-state index contributed by atoms with van der Waals surface area (Å²) >= 11 is 1.16. The van der Waals surface area contributed by atoms with Crippen molar-refractivity contribution in [3.63, 3.8) is 0 Å². The Labute approximate surface area is 171 Å². The second-order valence-corrected chi connectivity index (χ2v) is 8.09. The molecular formula is C22H22F2N2O2S. The van der Waals surface area contributed by atoms with Gasteiger partial charge in [-0.05, 0) is 55.7 Å². The second kappa shape index (κ2) is 9.13. The van der Waals surface area contributed by atoms with Gasteiger partial charge in [-0.3, -0.25) is 9.59 Å². The number of halogens is 2. The monoisotopic (exact) mass is 416 g/mol. The van der Waals surface area contributed by atoms with E-state index in [0.29, 0.717) is 17.5 Å². The van der Waals surface area contributed by atoms with E-state index in [9.17, 15) is 18.4 Å². The molecule has 4 nitrogen and oxygen atoms in total. The number of aryl methyl sites for hydroxylation is 1. The van der Waals surface area contributed by atoms with Gasteiger partial charge in [0.15, 0.2) is 0 Å². The zero-order chi connectivity index (χ0) is 21.0. The van der Waals surface area contributed by atoms with E-state index in [0.717, 1.165) is 21.9 Å². The van der Waals surface area contributed by atoms with Crippen LogP contribution < -0.4 is 10.2 Å². The van der Waals surface area contributed by atoms with Gasteiger partial charge in [0.05, 0.1) is 6.04 Å². The fourth-order valence-corrected chi connectivity index (χ4v) is 4.06. The first-order valence-electron chi connectivity index (χ1n) is 9.29. The Bertz CT molecular complexity index is 1070. The molecule has 7 heteroatoms. The number of carbonyl (C=O) groups excluding carboxylic acids is 1. The first-order chi connectivity index (χ1) is 13.8. The molecule has 2 aromatic carbocycles. The number of nitrogens with zero attached hydrogens (tertiary/aromatic N) is 1. The van der Waals surface area contributed by atoms with Crippen molar-refractivity contribution >= 4 is 17.2 Å². The Hall–Kier alpha value is -2.80. The van der Waals surface area contributed by atoms with Crippen molar-refractivity contribution in [2.75, 3.05) is 0 Å². The minimum atomic E-state index is -0.512. The molecule has 0 bridgehead atoms. The molecule has 0 saturated carbocycles. The number of aromatic nitrogens is 1. The van der Waals surface area contributed by atoms with Crippen LogP contribution in [0.1, 0.15) is 34.2 Å². The van der Waals surface area contributed by atoms with Crippen LogP contribution >= 0.6 is 11.3 Å². The maximum absolute atomic E-state index is 13.7. The van der Waals surface area contributed by atoms with E-state index >= 15 is 0 Å². The third kappa shape index (κ3) is 5.38. The molecule has 0 aliphatic rings. The topological polar surface area (TPSA) is 51.1 Å². The summed E-state index contributed by atoms with van der Waals surface area (Å²) in [4.78, 5) is 25.4. The predicted octanol–water partition coefficient (Wildman–Crippen LogP) is 4.30. The summed E-state index contributed by atoms with van der Waals surface area (Å²) in [5.41, 5.74) is 2.15. The van der Waals surface area contributed by atoms with Crippen molar-refractivity contribution in [1.29, 1.82) is 0 Å². The molecule has 1 aromatic heterocycles. The van der Waals surface area contributed by atoms with E-state index in [1.807, 2.05) is 13.8 Å². The van der Waals surface area contributed by atoms with Crippen molar-refractivity contribution in [3.8, 4) is 0 Å². The molecule has 0 spiro atoms. The van der Waals surface area contributed by atoms with Crippen LogP contribution in [0.4, 0.5) is 8.78 Å². The first-order valence-corrected chi connectivity index (χ1v) is 10.1. The van der Waals surface area contributed by atoms with E-state index < -0.39 is 11.9 Å². The van der Waals surface area contributed by atoms with Gasteiger partial charge in [0.25, 0.3) is 0 Å². The standard InChI is InChI=1S/C22H22F2N2O2S/c1-14-15(2)29-22(28)26(14)10-9-21(27)25-20(17-6-4-8-19(24)13-17)12-16-5-3-7-18(23)11-16/h3-8,11,13,20H,9-10,12H2,1-2H3,(H,25,27). The third-order valence-corrected chi connectivity index (χ3v) is 5.85. The van der Waals surface area contributed by atoms with Crippen molar-refractivity contribution < 1.29 is 13.6 Å². The molecule has 0 saturated heterocycles. The highest BCUT2D eigenvalue weighted by Crippen LogP contribution is 2.20. The molecule has 1 amide bonds. The maximum atomic E-state index is 13.7. The van der Waals surface area contributed by atoms with E-state index in [-0.39, 0.29) is 29.6 Å². The minimum Gasteiger partial charge on any atom is -0.349 e. The van der Waals surface area contributed by atoms with Gasteiger partial charge >= 0.3 is 4.87 Å². The van der Waals surface area contributed by atoms with Gasteiger partial charge in [0.1, 0.15) is 11.6 Å². The third-order valence-electron chi connectivity index (χ3n) is 4.85. The summed E-state index contributed by atoms with van der Waals surface area (Å²) in [5.74, 6) is -1.03. The molecule has 1 N–H and O–H groups in total. The molecule has 1 heterocycles. The van der Waals surface area contributed by atoms with Crippen LogP contribution in [-0.2, 0) is 17.8 Å². The molecule has 0 radical (unpaired) electrons. The molecule has 3 aromatic rings. The Kier molecular flexibility index (Phi) is 6.59. The lowest BCUT2D eigenvalue weighted by molar-refractivity contribution is -0.122. The molecule has 3 rings (SSSR count). The number of nitrogens with one attached hydrogen (secondary N) is 1. The van der Waals surface area contributed by atoms with Gasteiger partial charge in [-0.25, -0.2) is 8.78 Å². The average Bonchev–Trinajstić information content (AvgIpc) is 2.91. The number of thiazole rings is 1. The van der Waals surface area contributed by atoms with E-state index in [4.69, 9.17) is 0 Å². The van der Waals surface area contributed by atoms with Crippen LogP contribution in [0.25, 0.3) is 0 Å². The second-order valence-electron chi connectivity index (χ2n) is 6.92. The Morgan fingerprint density at radius 2 is 1.79 bits per heavy atom. The SMILES string of the molecule is Cc1sc(=O)n(CCC(=O)NC(Cc2cccc(F)c2)c2cccc(F)c2)c1C. The normalized spacial score (nSPS) is 12.0. The molecule has 1 unspecified atom stereocenters. The summed E-state index contributed by atoms with van der Waals surface area (Å²) < 4.78 is 28.9. The summed E-state index contributed by atoms with van der Waals surface area (Å²) in [5, 5.41) is 2.90. The van der Waals surface area contributed by atoms with Crippen molar-refractivity contribution in [2.24, 2.45) is 0 Å². The lowest BCUT2D eigenvalue weighted by atomic mass is 9.98. The highest BCUT2D eigenvalue weighted by molar-refractivity contribution is 7.09. The smallest absolute Gasteiger partial charge is 0.307 e. The van der Waals surface area contributed by atoms with Gasteiger partial charge in [0.2, 0.25) is 5.91 Å². The van der Waals surface area contributed by atoms with Gasteiger partial charge in [-0.15, -0.1) is 0 Å². The number of carbonyl (C=O) groups is 1. The van der Waals surface area contributed by atoms with Crippen molar-refractivity contribution in [2.45, 2.75) is 39.3 Å². The van der Waals surface area contributed by atoms with Crippen LogP contribution in [0.15, 0.2) is 53.3 Å². The zero-order valence-electron chi connectivity index (χ0n) is 16.2. The molecule has 0 aliphatic carbocycles. The van der Waals surface area contributed by atoms with Crippen LogP contribution in [-0.4, -0.2) is 10.5 Å². The summed E-state index contributed by atoms with van der Waals surface area (Å²) in [6.07, 6.45) is 0.440. The largest absolute Gasteiger partial charge is 0.349 e. The van der Waals surface area contributed by atoms with Crippen LogP contribution in [0.5, 0.6) is 0 Å². The quantitative estimate of drug-likeness (QED) is 0.625. The molecular weight excluding hydrogens is 394 g/mol. The van der Waals surface area contributed by atoms with Crippen molar-refractivity contribution in [3.05, 3.63) is 91.5 Å². The van der Waals surface area contributed by atoms with Gasteiger partial charge in [0, 0.05) is 23.5 Å². The molecule has 0 fully saturated rings. The summed E-state index contributed by atoms with van der Waals surface area (Å²) in [6.45, 7) is 4.00. The molecule has 1 atom stereocenters. The van der Waals surface area contributed by atoms with Crippen LogP contribution in [0, 0.1) is 25.5 Å². The van der Waals surface area contributed by atoms with Gasteiger partial charge < -0.3 is 9.88 Å². The summed E-state index contributed by atoms with van der Waals surface area (Å²) in [7, 11) is 0. The van der Waals surface area contributed by atoms with Gasteiger partial charge in [-0.1, -0.05) is 35.6 Å². The number of amides is 1. The van der Waals surface area contributed by atoms with Crippen LogP contribution in [0.2, 0.25) is 0 Å². The predicted molar refractivity (Wildman–Crippen MR) is 110 cm³/mol. The molecule has 29 heavy (non-hydrogen) atoms. The Balaban J connectivity index is 1.75. The lowest BCUT2D eigenvalue weighted by Crippen LogP contribution is -2.31. The number of rotatable bonds is 7. The first kappa shape index (κ1) is 20.9. The fraction of sp³-hybridized carbons (Fsp3) is 0.273. The number of benzene rings is 2. The summed E-state index contributed by atoms with van der Waals surface area (Å²) in [6, 6.07) is 11.6. The Morgan fingerprint density at radius 1 is 1.10 bits per heavy atom. The molecule has 0 aliphatic heterocycles. The maximum Gasteiger partial charge on any atom is 0.307 e. The highest BCUT2D eigenvalue weighted by atomic mass is 32.1. The number of hydrogen-bond donors (Lipinski definition) is 1. The van der Waals surface area contributed by atoms with Crippen LogP contribution in [0.3, 0.4) is 0 Å². The van der Waals surface area contributed by atoms with Gasteiger partial charge in [-0.2, -0.15) is 0 Å². The highest BCUT2D eigenvalue weighted by Gasteiger charge is 2.17. The van der Waals surface area contributed by atoms with Crippen molar-refractivity contribution in [1.82, 2.24) is 9.88 Å². The molecule has 152 valence electrons. The van der Waals surface area contributed by atoms with E-state index in [2.05, 4.69) is 5.32 Å². The zero-order valence-corrected chi connectivity index (χ0v) is 17.1. The lowest BCUT2D eigenvalue weighted by Gasteiger charge is -2.20. The van der Waals surface area contributed by atoms with E-state index in [1.54, 1.807) is 28.8 Å². The number of hydrogen-bond acceptors (Lipinski definition) is 3. The van der Waals surface area contributed by atoms with E-state index in [1.165, 1.54) is 24.3 Å².